The van der Waals surface area contributed by atoms with Crippen molar-refractivity contribution in [2.45, 2.75) is 39.5 Å². The summed E-state index contributed by atoms with van der Waals surface area (Å²) >= 11 is 0. The summed E-state index contributed by atoms with van der Waals surface area (Å²) < 4.78 is 5.55. The molecule has 1 saturated heterocycles. The molecule has 1 aliphatic carbocycles. The largest absolute Gasteiger partial charge is 0.481 e. The van der Waals surface area contributed by atoms with Crippen molar-refractivity contribution in [3.63, 3.8) is 0 Å². The number of rotatable bonds is 8. The van der Waals surface area contributed by atoms with Gasteiger partial charge in [-0.15, -0.1) is 0 Å². The zero-order valence-electron chi connectivity index (χ0n) is 20.6. The van der Waals surface area contributed by atoms with Crippen molar-refractivity contribution in [1.82, 2.24) is 10.2 Å². The molecule has 186 valence electrons. The predicted octanol–water partition coefficient (Wildman–Crippen LogP) is 4.51. The molecule has 0 spiro atoms. The molecule has 7 heteroatoms. The number of alkyl carbamates (subject to hydrolysis) is 1. The fourth-order valence-corrected chi connectivity index (χ4v) is 5.28. The number of amides is 2. The van der Waals surface area contributed by atoms with Crippen molar-refractivity contribution >= 4 is 18.0 Å². The summed E-state index contributed by atoms with van der Waals surface area (Å²) in [5.74, 6) is -1.19. The van der Waals surface area contributed by atoms with E-state index in [2.05, 4.69) is 29.6 Å². The Labute approximate surface area is 206 Å². The molecule has 7 nitrogen and oxygen atoms in total. The maximum atomic E-state index is 12.8. The number of aliphatic carboxylic acids is 1. The van der Waals surface area contributed by atoms with Crippen molar-refractivity contribution in [2.24, 2.45) is 17.3 Å². The van der Waals surface area contributed by atoms with E-state index in [1.807, 2.05) is 38.1 Å². The minimum Gasteiger partial charge on any atom is -0.481 e. The van der Waals surface area contributed by atoms with E-state index < -0.39 is 17.5 Å². The Bertz CT molecular complexity index is 1070. The van der Waals surface area contributed by atoms with E-state index in [-0.39, 0.29) is 36.8 Å². The van der Waals surface area contributed by atoms with Gasteiger partial charge in [0, 0.05) is 31.5 Å². The molecule has 1 heterocycles. The Balaban J connectivity index is 1.21. The minimum absolute atomic E-state index is 0.0186. The van der Waals surface area contributed by atoms with Gasteiger partial charge in [-0.05, 0) is 47.9 Å². The van der Waals surface area contributed by atoms with Crippen molar-refractivity contribution in [1.29, 1.82) is 0 Å². The molecular weight excluding hydrogens is 444 g/mol. The van der Waals surface area contributed by atoms with Crippen LogP contribution in [0.25, 0.3) is 11.1 Å². The average molecular weight is 479 g/mol. The molecule has 0 aromatic heterocycles. The van der Waals surface area contributed by atoms with Crippen molar-refractivity contribution in [2.75, 3.05) is 26.2 Å². The number of likely N-dealkylation sites (tertiary alicyclic amines) is 1. The number of carbonyl (C=O) groups excluding carboxylic acids is 2. The van der Waals surface area contributed by atoms with Crippen LogP contribution in [0.15, 0.2) is 48.5 Å². The first-order valence-electron chi connectivity index (χ1n) is 12.3. The lowest BCUT2D eigenvalue weighted by Crippen LogP contribution is -2.38. The summed E-state index contributed by atoms with van der Waals surface area (Å²) in [6.07, 6.45) is 0.782. The summed E-state index contributed by atoms with van der Waals surface area (Å²) in [6, 6.07) is 16.4. The fourth-order valence-electron chi connectivity index (χ4n) is 5.28. The number of hydrogen-bond acceptors (Lipinski definition) is 4. The van der Waals surface area contributed by atoms with E-state index >= 15 is 0 Å². The van der Waals surface area contributed by atoms with Crippen LogP contribution in [-0.2, 0) is 14.3 Å². The highest BCUT2D eigenvalue weighted by atomic mass is 16.5. The zero-order valence-corrected chi connectivity index (χ0v) is 20.6. The second kappa shape index (κ2) is 10.1. The zero-order chi connectivity index (χ0) is 25.2. The number of fused-ring (bicyclic) bond motifs is 3. The van der Waals surface area contributed by atoms with Crippen LogP contribution in [0.1, 0.15) is 50.7 Å². The number of ether oxygens (including phenoxy) is 1. The van der Waals surface area contributed by atoms with Crippen LogP contribution in [-0.4, -0.2) is 54.2 Å². The number of benzene rings is 2. The van der Waals surface area contributed by atoms with Gasteiger partial charge in [-0.1, -0.05) is 62.4 Å². The normalized spacial score (nSPS) is 21.8. The lowest BCUT2D eigenvalue weighted by molar-refractivity contribution is -0.149. The Morgan fingerprint density at radius 2 is 1.71 bits per heavy atom. The average Bonchev–Trinajstić information content (AvgIpc) is 3.34. The second-order valence-corrected chi connectivity index (χ2v) is 10.1. The highest BCUT2D eigenvalue weighted by Gasteiger charge is 2.48. The van der Waals surface area contributed by atoms with Gasteiger partial charge in [-0.2, -0.15) is 0 Å². The molecule has 1 unspecified atom stereocenters. The first kappa shape index (κ1) is 24.8. The van der Waals surface area contributed by atoms with Crippen LogP contribution in [0.4, 0.5) is 4.79 Å². The molecule has 0 bridgehead atoms. The number of carboxylic acids is 1. The monoisotopic (exact) mass is 478 g/mol. The van der Waals surface area contributed by atoms with Gasteiger partial charge in [0.25, 0.3) is 0 Å². The Hall–Kier alpha value is -3.35. The van der Waals surface area contributed by atoms with Crippen molar-refractivity contribution < 1.29 is 24.2 Å². The molecule has 4 rings (SSSR count). The third-order valence-electron chi connectivity index (χ3n) is 7.75. The Morgan fingerprint density at radius 3 is 2.29 bits per heavy atom. The molecule has 1 fully saturated rings. The highest BCUT2D eigenvalue weighted by Crippen LogP contribution is 2.44. The summed E-state index contributed by atoms with van der Waals surface area (Å²) in [5.41, 5.74) is 3.81. The first-order chi connectivity index (χ1) is 16.7. The summed E-state index contributed by atoms with van der Waals surface area (Å²) in [7, 11) is 0. The topological polar surface area (TPSA) is 95.9 Å². The van der Waals surface area contributed by atoms with Gasteiger partial charge < -0.3 is 20.1 Å². The van der Waals surface area contributed by atoms with E-state index in [0.717, 1.165) is 0 Å². The minimum atomic E-state index is -0.902. The Morgan fingerprint density at radius 1 is 1.11 bits per heavy atom. The number of nitrogens with one attached hydrogen (secondary N) is 1. The number of carbonyl (C=O) groups is 3. The third kappa shape index (κ3) is 4.90. The molecule has 2 aliphatic rings. The summed E-state index contributed by atoms with van der Waals surface area (Å²) in [6.45, 7) is 6.83. The molecule has 2 aromatic carbocycles. The van der Waals surface area contributed by atoms with Crippen molar-refractivity contribution in [3.05, 3.63) is 59.7 Å². The van der Waals surface area contributed by atoms with E-state index in [0.29, 0.717) is 25.9 Å². The summed E-state index contributed by atoms with van der Waals surface area (Å²) in [4.78, 5) is 38.4. The van der Waals surface area contributed by atoms with Gasteiger partial charge in [0.05, 0.1) is 5.41 Å². The number of nitrogens with zero attached hydrogens (tertiary/aromatic N) is 1. The standard InChI is InChI=1S/C28H34N2O5/c1-18(25(31)30-15-19(2)28(3,17-30)26(32)33)9-8-14-29-27(34)35-16-24-22-12-6-4-10-20(22)21-11-5-7-13-23(21)24/h4-7,10-13,18-19,24H,8-9,14-17H2,1-3H3,(H,29,34)(H,32,33)/t18?,19-,28-/m1/s1. The van der Waals surface area contributed by atoms with Crippen LogP contribution >= 0.6 is 0 Å². The van der Waals surface area contributed by atoms with Gasteiger partial charge in [0.15, 0.2) is 0 Å². The molecule has 35 heavy (non-hydrogen) atoms. The fraction of sp³-hybridized carbons (Fsp3) is 0.464. The molecule has 0 radical (unpaired) electrons. The van der Waals surface area contributed by atoms with E-state index in [1.165, 1.54) is 22.3 Å². The summed E-state index contributed by atoms with van der Waals surface area (Å²) in [5, 5.41) is 12.3. The van der Waals surface area contributed by atoms with Crippen LogP contribution in [0.5, 0.6) is 0 Å². The molecule has 1 aliphatic heterocycles. The molecule has 0 saturated carbocycles. The van der Waals surface area contributed by atoms with E-state index in [4.69, 9.17) is 4.74 Å². The van der Waals surface area contributed by atoms with Crippen LogP contribution in [0.2, 0.25) is 0 Å². The first-order valence-corrected chi connectivity index (χ1v) is 12.3. The maximum absolute atomic E-state index is 12.8. The van der Waals surface area contributed by atoms with Gasteiger partial charge in [-0.25, -0.2) is 4.79 Å². The SMILES string of the molecule is CC(CCCNC(=O)OCC1c2ccccc2-c2ccccc21)C(=O)N1C[C@@H](C)[C@](C)(C(=O)O)C1. The number of hydrogen-bond donors (Lipinski definition) is 2. The second-order valence-electron chi connectivity index (χ2n) is 10.1. The molecular formula is C28H34N2O5. The maximum Gasteiger partial charge on any atom is 0.407 e. The van der Waals surface area contributed by atoms with Crippen molar-refractivity contribution in [3.8, 4) is 11.1 Å². The van der Waals surface area contributed by atoms with Crippen LogP contribution < -0.4 is 5.32 Å². The smallest absolute Gasteiger partial charge is 0.407 e. The predicted molar refractivity (Wildman–Crippen MR) is 133 cm³/mol. The van der Waals surface area contributed by atoms with Gasteiger partial charge in [-0.3, -0.25) is 9.59 Å². The molecule has 2 amide bonds. The van der Waals surface area contributed by atoms with Gasteiger partial charge in [0.1, 0.15) is 6.61 Å². The van der Waals surface area contributed by atoms with Gasteiger partial charge >= 0.3 is 12.1 Å². The highest BCUT2D eigenvalue weighted by molar-refractivity contribution is 5.82. The molecule has 2 N–H and O–H groups in total. The molecule has 3 atom stereocenters. The van der Waals surface area contributed by atoms with Crippen LogP contribution in [0, 0.1) is 17.3 Å². The number of carboxylic acid groups (broad SMARTS) is 1. The van der Waals surface area contributed by atoms with E-state index in [9.17, 15) is 19.5 Å². The quantitative estimate of drug-likeness (QED) is 0.544. The Kier molecular flexibility index (Phi) is 7.15. The molecule has 2 aromatic rings. The lowest BCUT2D eigenvalue weighted by atomic mass is 9.81. The van der Waals surface area contributed by atoms with E-state index in [1.54, 1.807) is 11.8 Å². The third-order valence-corrected chi connectivity index (χ3v) is 7.75. The van der Waals surface area contributed by atoms with Gasteiger partial charge in [0.2, 0.25) is 5.91 Å². The van der Waals surface area contributed by atoms with Crippen LogP contribution in [0.3, 0.4) is 0 Å². The lowest BCUT2D eigenvalue weighted by Gasteiger charge is -2.24.